The predicted molar refractivity (Wildman–Crippen MR) is 120 cm³/mol. The van der Waals surface area contributed by atoms with Crippen molar-refractivity contribution in [2.75, 3.05) is 25.0 Å². The number of ketones is 1. The molecule has 0 aliphatic carbocycles. The minimum absolute atomic E-state index is 0.0723. The second-order valence-corrected chi connectivity index (χ2v) is 8.34. The second kappa shape index (κ2) is 9.96. The van der Waals surface area contributed by atoms with Crippen LogP contribution in [0.15, 0.2) is 48.5 Å². The number of nitrogens with zero attached hydrogens (tertiary/aromatic N) is 1. The molecule has 0 bridgehead atoms. The van der Waals surface area contributed by atoms with E-state index in [-0.39, 0.29) is 30.9 Å². The highest BCUT2D eigenvalue weighted by molar-refractivity contribution is 6.30. The number of carbonyl (C=O) groups is 3. The smallest absolute Gasteiger partial charge is 0.321 e. The Balaban J connectivity index is 1.80. The van der Waals surface area contributed by atoms with Crippen molar-refractivity contribution in [2.24, 2.45) is 5.41 Å². The number of hydrogen-bond acceptors (Lipinski definition) is 4. The fourth-order valence-corrected chi connectivity index (χ4v) is 4.24. The van der Waals surface area contributed by atoms with Gasteiger partial charge < -0.3 is 15.0 Å². The van der Waals surface area contributed by atoms with E-state index in [1.54, 1.807) is 42.2 Å². The third kappa shape index (κ3) is 5.64. The van der Waals surface area contributed by atoms with Crippen LogP contribution < -0.4 is 5.32 Å². The maximum atomic E-state index is 13.0. The number of benzene rings is 2. The molecule has 0 radical (unpaired) electrons. The molecule has 2 amide bonds. The minimum atomic E-state index is -0.836. The molecule has 2 aromatic rings. The standard InChI is InChI=1S/C24H27ClN2O4/c1-3-31-22(29)24(15-18-7-4-9-20(25)13-18)11-6-12-27(16-24)23(30)26-21-10-5-8-19(14-21)17(2)28/h4-5,7-10,13-14H,3,6,11-12,15-16H2,1-2H3,(H,26,30). The highest BCUT2D eigenvalue weighted by Gasteiger charge is 2.44. The maximum Gasteiger partial charge on any atom is 0.321 e. The molecule has 1 aliphatic heterocycles. The summed E-state index contributed by atoms with van der Waals surface area (Å²) in [7, 11) is 0. The zero-order valence-corrected chi connectivity index (χ0v) is 18.6. The number of piperidine rings is 1. The van der Waals surface area contributed by atoms with Crippen LogP contribution in [0.3, 0.4) is 0 Å². The topological polar surface area (TPSA) is 75.7 Å². The van der Waals surface area contributed by atoms with E-state index in [0.29, 0.717) is 42.1 Å². The van der Waals surface area contributed by atoms with Gasteiger partial charge in [0.1, 0.15) is 0 Å². The summed E-state index contributed by atoms with van der Waals surface area (Å²) in [4.78, 5) is 39.2. The summed E-state index contributed by atoms with van der Waals surface area (Å²) in [6.45, 7) is 4.32. The second-order valence-electron chi connectivity index (χ2n) is 7.90. The quantitative estimate of drug-likeness (QED) is 0.506. The fraction of sp³-hybridized carbons (Fsp3) is 0.375. The summed E-state index contributed by atoms with van der Waals surface area (Å²) in [5, 5.41) is 3.45. The molecule has 164 valence electrons. The van der Waals surface area contributed by atoms with Crippen LogP contribution in [-0.2, 0) is 16.0 Å². The Labute approximate surface area is 187 Å². The van der Waals surface area contributed by atoms with Crippen molar-refractivity contribution in [3.05, 3.63) is 64.7 Å². The minimum Gasteiger partial charge on any atom is -0.466 e. The van der Waals surface area contributed by atoms with Crippen LogP contribution in [0.1, 0.15) is 42.6 Å². The van der Waals surface area contributed by atoms with Gasteiger partial charge in [0.15, 0.2) is 5.78 Å². The number of hydrogen-bond donors (Lipinski definition) is 1. The lowest BCUT2D eigenvalue weighted by atomic mass is 9.75. The Hall–Kier alpha value is -2.86. The van der Waals surface area contributed by atoms with Crippen LogP contribution in [0.4, 0.5) is 10.5 Å². The van der Waals surface area contributed by atoms with Crippen molar-refractivity contribution in [1.29, 1.82) is 0 Å². The van der Waals surface area contributed by atoms with Crippen molar-refractivity contribution < 1.29 is 19.1 Å². The van der Waals surface area contributed by atoms with E-state index in [1.165, 1.54) is 6.92 Å². The number of nitrogens with one attached hydrogen (secondary N) is 1. The number of esters is 1. The first-order valence-electron chi connectivity index (χ1n) is 10.4. The van der Waals surface area contributed by atoms with Crippen LogP contribution in [-0.4, -0.2) is 42.4 Å². The molecule has 0 spiro atoms. The summed E-state index contributed by atoms with van der Waals surface area (Å²) < 4.78 is 5.41. The van der Waals surface area contributed by atoms with E-state index in [1.807, 2.05) is 18.2 Å². The summed E-state index contributed by atoms with van der Waals surface area (Å²) in [5.41, 5.74) is 1.16. The molecule has 0 saturated carbocycles. The lowest BCUT2D eigenvalue weighted by Gasteiger charge is -2.41. The Morgan fingerprint density at radius 1 is 1.16 bits per heavy atom. The van der Waals surface area contributed by atoms with Gasteiger partial charge in [-0.2, -0.15) is 0 Å². The zero-order chi connectivity index (χ0) is 22.4. The Morgan fingerprint density at radius 2 is 1.94 bits per heavy atom. The number of halogens is 1. The average Bonchev–Trinajstić information content (AvgIpc) is 2.74. The average molecular weight is 443 g/mol. The molecule has 1 saturated heterocycles. The van der Waals surface area contributed by atoms with Crippen LogP contribution in [0, 0.1) is 5.41 Å². The van der Waals surface area contributed by atoms with Crippen LogP contribution in [0.25, 0.3) is 0 Å². The van der Waals surface area contributed by atoms with Gasteiger partial charge in [-0.3, -0.25) is 9.59 Å². The lowest BCUT2D eigenvalue weighted by Crippen LogP contribution is -2.52. The number of anilines is 1. The summed E-state index contributed by atoms with van der Waals surface area (Å²) in [6.07, 6.45) is 1.75. The van der Waals surface area contributed by atoms with E-state index in [2.05, 4.69) is 5.32 Å². The largest absolute Gasteiger partial charge is 0.466 e. The first-order chi connectivity index (χ1) is 14.8. The van der Waals surface area contributed by atoms with E-state index in [0.717, 1.165) is 5.56 Å². The molecule has 1 unspecified atom stereocenters. The van der Waals surface area contributed by atoms with Gasteiger partial charge in [-0.05, 0) is 62.9 Å². The molecule has 6 nitrogen and oxygen atoms in total. The molecule has 1 aliphatic rings. The monoisotopic (exact) mass is 442 g/mol. The summed E-state index contributed by atoms with van der Waals surface area (Å²) in [6, 6.07) is 13.9. The van der Waals surface area contributed by atoms with Gasteiger partial charge >= 0.3 is 12.0 Å². The molecule has 0 aromatic heterocycles. The Kier molecular flexibility index (Phi) is 7.33. The Bertz CT molecular complexity index is 978. The fourth-order valence-electron chi connectivity index (χ4n) is 4.03. The molecule has 31 heavy (non-hydrogen) atoms. The SMILES string of the molecule is CCOC(=O)C1(Cc2cccc(Cl)c2)CCCN(C(=O)Nc2cccc(C(C)=O)c2)C1. The lowest BCUT2D eigenvalue weighted by molar-refractivity contribution is -0.158. The van der Waals surface area contributed by atoms with E-state index >= 15 is 0 Å². The first-order valence-corrected chi connectivity index (χ1v) is 10.8. The van der Waals surface area contributed by atoms with Crippen molar-refractivity contribution in [2.45, 2.75) is 33.1 Å². The van der Waals surface area contributed by atoms with E-state index in [9.17, 15) is 14.4 Å². The van der Waals surface area contributed by atoms with Gasteiger partial charge in [-0.25, -0.2) is 4.79 Å². The van der Waals surface area contributed by atoms with Crippen LogP contribution >= 0.6 is 11.6 Å². The highest BCUT2D eigenvalue weighted by Crippen LogP contribution is 2.36. The van der Waals surface area contributed by atoms with E-state index < -0.39 is 5.41 Å². The van der Waals surface area contributed by atoms with Crippen molar-refractivity contribution in [3.8, 4) is 0 Å². The molecule has 2 aromatic carbocycles. The number of carbonyl (C=O) groups excluding carboxylic acids is 3. The molecule has 3 rings (SSSR count). The number of likely N-dealkylation sites (tertiary alicyclic amines) is 1. The number of ether oxygens (including phenoxy) is 1. The maximum absolute atomic E-state index is 13.0. The van der Waals surface area contributed by atoms with Crippen molar-refractivity contribution in [3.63, 3.8) is 0 Å². The van der Waals surface area contributed by atoms with Gasteiger partial charge in [0.2, 0.25) is 0 Å². The first kappa shape index (κ1) is 22.8. The molecular weight excluding hydrogens is 416 g/mol. The van der Waals surface area contributed by atoms with Crippen LogP contribution in [0.5, 0.6) is 0 Å². The van der Waals surface area contributed by atoms with Crippen LogP contribution in [0.2, 0.25) is 5.02 Å². The number of urea groups is 1. The van der Waals surface area contributed by atoms with Crippen molar-refractivity contribution in [1.82, 2.24) is 4.90 Å². The normalized spacial score (nSPS) is 18.4. The van der Waals surface area contributed by atoms with Crippen molar-refractivity contribution >= 4 is 35.1 Å². The molecule has 1 fully saturated rings. The Morgan fingerprint density at radius 3 is 2.65 bits per heavy atom. The molecule has 7 heteroatoms. The van der Waals surface area contributed by atoms with Gasteiger partial charge in [0.25, 0.3) is 0 Å². The van der Waals surface area contributed by atoms with Gasteiger partial charge in [-0.1, -0.05) is 35.9 Å². The number of rotatable bonds is 6. The van der Waals surface area contributed by atoms with E-state index in [4.69, 9.17) is 16.3 Å². The summed E-state index contributed by atoms with van der Waals surface area (Å²) in [5.74, 6) is -0.372. The third-order valence-electron chi connectivity index (χ3n) is 5.52. The number of Topliss-reactive ketones (excluding diaryl/α,β-unsaturated/α-hetero) is 1. The zero-order valence-electron chi connectivity index (χ0n) is 17.8. The van der Waals surface area contributed by atoms with Gasteiger partial charge in [0.05, 0.1) is 12.0 Å². The predicted octanol–water partition coefficient (Wildman–Crippen LogP) is 4.96. The van der Waals surface area contributed by atoms with Gasteiger partial charge in [-0.15, -0.1) is 0 Å². The third-order valence-corrected chi connectivity index (χ3v) is 5.76. The molecule has 1 heterocycles. The molecule has 1 N–H and O–H groups in total. The molecular formula is C24H27ClN2O4. The number of amides is 2. The summed E-state index contributed by atoms with van der Waals surface area (Å²) >= 11 is 6.14. The van der Waals surface area contributed by atoms with Gasteiger partial charge in [0, 0.05) is 29.4 Å². The highest BCUT2D eigenvalue weighted by atomic mass is 35.5. The molecule has 1 atom stereocenters.